The first-order chi connectivity index (χ1) is 11.6. The lowest BCUT2D eigenvalue weighted by Crippen LogP contribution is -2.30. The van der Waals surface area contributed by atoms with Crippen molar-refractivity contribution in [1.82, 2.24) is 14.8 Å². The van der Waals surface area contributed by atoms with Crippen molar-refractivity contribution in [3.05, 3.63) is 29.1 Å². The molecular weight excluding hydrogens is 379 g/mol. The van der Waals surface area contributed by atoms with Crippen LogP contribution >= 0.6 is 11.6 Å². The molecule has 2 unspecified atom stereocenters. The monoisotopic (exact) mass is 393 g/mol. The van der Waals surface area contributed by atoms with Crippen LogP contribution < -0.4 is 0 Å². The van der Waals surface area contributed by atoms with E-state index in [1.165, 1.54) is 4.68 Å². The molecule has 25 heavy (non-hydrogen) atoms. The van der Waals surface area contributed by atoms with Crippen LogP contribution in [-0.2, 0) is 9.84 Å². The molecule has 10 heteroatoms. The van der Waals surface area contributed by atoms with Crippen LogP contribution in [0.25, 0.3) is 0 Å². The van der Waals surface area contributed by atoms with Crippen molar-refractivity contribution in [3.8, 4) is 0 Å². The largest absolute Gasteiger partial charge is 0.267 e. The number of allylic oxidation sites excluding steroid dienone is 4. The van der Waals surface area contributed by atoms with Gasteiger partial charge in [-0.1, -0.05) is 30.7 Å². The van der Waals surface area contributed by atoms with Gasteiger partial charge in [-0.15, -0.1) is 5.10 Å². The summed E-state index contributed by atoms with van der Waals surface area (Å²) in [6.07, 6.45) is 3.70. The van der Waals surface area contributed by atoms with E-state index < -0.39 is 50.2 Å². The quantitative estimate of drug-likeness (QED) is 0.788. The second-order valence-corrected chi connectivity index (χ2v) is 9.41. The summed E-state index contributed by atoms with van der Waals surface area (Å²) in [5.74, 6) is -3.41. The first-order valence-corrected chi connectivity index (χ1v) is 9.75. The molecule has 1 aromatic rings. The SMILES string of the molecule is CC1([C@@H]2C[C@H](F)c3nc(S(=O)(=O)C4CC4(F)F)nn32)CC=CC=C1Cl. The van der Waals surface area contributed by atoms with Gasteiger partial charge in [0, 0.05) is 23.3 Å². The van der Waals surface area contributed by atoms with Gasteiger partial charge in [0.15, 0.2) is 12.0 Å². The van der Waals surface area contributed by atoms with E-state index in [0.717, 1.165) is 0 Å². The second-order valence-electron chi connectivity index (χ2n) is 6.98. The summed E-state index contributed by atoms with van der Waals surface area (Å²) in [6.45, 7) is 1.84. The molecule has 3 aliphatic rings. The van der Waals surface area contributed by atoms with E-state index in [1.54, 1.807) is 12.2 Å². The third-order valence-corrected chi connectivity index (χ3v) is 7.74. The molecule has 0 radical (unpaired) electrons. The normalized spacial score (nSPS) is 36.2. The number of nitrogens with zero attached hydrogens (tertiary/aromatic N) is 3. The Morgan fingerprint density at radius 2 is 2.08 bits per heavy atom. The lowest BCUT2D eigenvalue weighted by Gasteiger charge is -2.36. The lowest BCUT2D eigenvalue weighted by molar-refractivity contribution is 0.121. The third-order valence-electron chi connectivity index (χ3n) is 5.24. The van der Waals surface area contributed by atoms with Gasteiger partial charge in [0.1, 0.15) is 5.25 Å². The summed E-state index contributed by atoms with van der Waals surface area (Å²) < 4.78 is 66.6. The van der Waals surface area contributed by atoms with E-state index in [2.05, 4.69) is 10.1 Å². The highest BCUT2D eigenvalue weighted by Crippen LogP contribution is 2.54. The van der Waals surface area contributed by atoms with Crippen molar-refractivity contribution in [2.24, 2.45) is 5.41 Å². The van der Waals surface area contributed by atoms with Crippen LogP contribution in [-0.4, -0.2) is 34.4 Å². The van der Waals surface area contributed by atoms with Gasteiger partial charge in [0.05, 0.1) is 6.04 Å². The van der Waals surface area contributed by atoms with E-state index in [1.807, 2.05) is 13.0 Å². The van der Waals surface area contributed by atoms with Crippen LogP contribution in [0, 0.1) is 5.41 Å². The summed E-state index contributed by atoms with van der Waals surface area (Å²) in [4.78, 5) is 3.75. The Hall–Kier alpha value is -1.35. The Balaban J connectivity index is 1.74. The second kappa shape index (κ2) is 5.09. The Morgan fingerprint density at radius 3 is 2.68 bits per heavy atom. The zero-order valence-corrected chi connectivity index (χ0v) is 14.7. The van der Waals surface area contributed by atoms with Crippen LogP contribution in [0.2, 0.25) is 0 Å². The maximum absolute atomic E-state index is 14.4. The molecule has 5 nitrogen and oxygen atoms in total. The zero-order valence-electron chi connectivity index (χ0n) is 13.2. The maximum Gasteiger partial charge on any atom is 0.267 e. The van der Waals surface area contributed by atoms with Crippen molar-refractivity contribution in [1.29, 1.82) is 0 Å². The van der Waals surface area contributed by atoms with Crippen LogP contribution in [0.5, 0.6) is 0 Å². The highest BCUT2D eigenvalue weighted by atomic mass is 35.5. The number of sulfone groups is 1. The molecule has 0 bridgehead atoms. The minimum atomic E-state index is -4.38. The standard InChI is InChI=1S/C15H15ClF3N3O2S/c1-14(5-3-2-4-9(14)16)10-6-8(17)12-20-13(21-22(10)12)25(23,24)11-7-15(11,18)19/h2-4,8,10-11H,5-7H2,1H3/t8-,10-,11?,14?/m0/s1. The summed E-state index contributed by atoms with van der Waals surface area (Å²) in [7, 11) is -4.38. The summed E-state index contributed by atoms with van der Waals surface area (Å²) in [5.41, 5.74) is -0.663. The van der Waals surface area contributed by atoms with Crippen LogP contribution in [0.3, 0.4) is 0 Å². The van der Waals surface area contributed by atoms with Crippen molar-refractivity contribution in [3.63, 3.8) is 0 Å². The number of hydrogen-bond acceptors (Lipinski definition) is 4. The Morgan fingerprint density at radius 1 is 1.40 bits per heavy atom. The van der Waals surface area contributed by atoms with Gasteiger partial charge in [-0.05, 0) is 12.5 Å². The number of halogens is 4. The van der Waals surface area contributed by atoms with Crippen LogP contribution in [0.1, 0.15) is 44.2 Å². The van der Waals surface area contributed by atoms with Crippen molar-refractivity contribution < 1.29 is 21.6 Å². The molecule has 0 N–H and O–H groups in total. The molecule has 0 saturated heterocycles. The van der Waals surface area contributed by atoms with E-state index in [-0.39, 0.29) is 12.2 Å². The molecule has 0 spiro atoms. The first kappa shape index (κ1) is 17.1. The number of rotatable bonds is 3. The van der Waals surface area contributed by atoms with E-state index in [4.69, 9.17) is 11.6 Å². The summed E-state index contributed by atoms with van der Waals surface area (Å²) >= 11 is 6.32. The van der Waals surface area contributed by atoms with E-state index in [9.17, 15) is 21.6 Å². The molecule has 136 valence electrons. The molecule has 1 aliphatic heterocycles. The smallest absolute Gasteiger partial charge is 0.242 e. The van der Waals surface area contributed by atoms with Gasteiger partial charge in [0.25, 0.3) is 11.1 Å². The zero-order chi connectivity index (χ0) is 18.2. The van der Waals surface area contributed by atoms with E-state index >= 15 is 0 Å². The number of alkyl halides is 3. The fraction of sp³-hybridized carbons (Fsp3) is 0.600. The minimum absolute atomic E-state index is 0.0592. The fourth-order valence-corrected chi connectivity index (χ4v) is 5.36. The summed E-state index contributed by atoms with van der Waals surface area (Å²) in [5, 5.41) is 1.87. The number of fused-ring (bicyclic) bond motifs is 1. The van der Waals surface area contributed by atoms with Crippen LogP contribution in [0.15, 0.2) is 28.4 Å². The molecule has 4 atom stereocenters. The minimum Gasteiger partial charge on any atom is -0.242 e. The van der Waals surface area contributed by atoms with Gasteiger partial charge in [-0.3, -0.25) is 0 Å². The Bertz CT molecular complexity index is 911. The lowest BCUT2D eigenvalue weighted by atomic mass is 9.76. The van der Waals surface area contributed by atoms with Crippen LogP contribution in [0.4, 0.5) is 13.2 Å². The average Bonchev–Trinajstić information content (AvgIpc) is 2.89. The molecule has 1 fully saturated rings. The highest BCUT2D eigenvalue weighted by Gasteiger charge is 2.66. The molecule has 4 rings (SSSR count). The highest BCUT2D eigenvalue weighted by molar-refractivity contribution is 7.92. The Kier molecular flexibility index (Phi) is 3.48. The number of aromatic nitrogens is 3. The Labute approximate surface area is 147 Å². The summed E-state index contributed by atoms with van der Waals surface area (Å²) in [6, 6.07) is -0.539. The maximum atomic E-state index is 14.4. The molecule has 0 amide bonds. The predicted molar refractivity (Wildman–Crippen MR) is 83.9 cm³/mol. The molecule has 2 aliphatic carbocycles. The van der Waals surface area contributed by atoms with Crippen molar-refractivity contribution in [2.75, 3.05) is 0 Å². The fourth-order valence-electron chi connectivity index (χ4n) is 3.51. The van der Waals surface area contributed by atoms with E-state index in [0.29, 0.717) is 11.5 Å². The number of hydrogen-bond donors (Lipinski definition) is 0. The topological polar surface area (TPSA) is 64.8 Å². The first-order valence-electron chi connectivity index (χ1n) is 7.82. The molecule has 0 aromatic carbocycles. The third kappa shape index (κ3) is 2.38. The predicted octanol–water partition coefficient (Wildman–Crippen LogP) is 3.50. The van der Waals surface area contributed by atoms with Crippen molar-refractivity contribution >= 4 is 21.4 Å². The van der Waals surface area contributed by atoms with Gasteiger partial charge in [-0.25, -0.2) is 26.3 Å². The van der Waals surface area contributed by atoms with Gasteiger partial charge in [0.2, 0.25) is 9.84 Å². The molecule has 2 heterocycles. The molecule has 1 aromatic heterocycles. The molecular formula is C15H15ClF3N3O2S. The van der Waals surface area contributed by atoms with Crippen molar-refractivity contribution in [2.45, 2.75) is 54.7 Å². The molecule has 1 saturated carbocycles. The van der Waals surface area contributed by atoms with Gasteiger partial charge in [-0.2, -0.15) is 4.98 Å². The average molecular weight is 394 g/mol. The van der Waals surface area contributed by atoms with Gasteiger partial charge >= 0.3 is 0 Å². The van der Waals surface area contributed by atoms with Gasteiger partial charge < -0.3 is 0 Å².